The fourth-order valence-electron chi connectivity index (χ4n) is 6.14. The van der Waals surface area contributed by atoms with E-state index in [0.29, 0.717) is 11.6 Å². The molecule has 0 aliphatic carbocycles. The Labute approximate surface area is 217 Å². The van der Waals surface area contributed by atoms with Crippen LogP contribution in [0.3, 0.4) is 0 Å². The first-order valence-electron chi connectivity index (χ1n) is 11.5. The molecule has 2 aromatic carbocycles. The SMILES string of the molecule is CC[C@@]12C=C(C(=[N-])N=[C-]c3ccc(F)cc3)n3c4c(c5ccccc53)CCN(CCC1)[C@H]42.[U+2]. The molecular weight excluding hydrogens is 637 g/mol. The summed E-state index contributed by atoms with van der Waals surface area (Å²) in [6.07, 6.45) is 9.46. The molecule has 4 nitrogen and oxygen atoms in total. The number of para-hydroxylation sites is 1. The quantitative estimate of drug-likeness (QED) is 0.202. The third-order valence-electron chi connectivity index (χ3n) is 7.61. The Morgan fingerprint density at radius 1 is 1.18 bits per heavy atom. The second kappa shape index (κ2) is 8.65. The Hall–Kier alpha value is -2.00. The summed E-state index contributed by atoms with van der Waals surface area (Å²) in [6, 6.07) is 14.8. The van der Waals surface area contributed by atoms with Crippen molar-refractivity contribution in [3.63, 3.8) is 0 Å². The summed E-state index contributed by atoms with van der Waals surface area (Å²) in [5.41, 5.74) is 5.18. The molecule has 2 atom stereocenters. The molecule has 1 fully saturated rings. The number of hydrogen-bond donors (Lipinski definition) is 0. The zero-order valence-electron chi connectivity index (χ0n) is 18.7. The van der Waals surface area contributed by atoms with E-state index in [1.54, 1.807) is 12.1 Å². The molecule has 0 N–H and O–H groups in total. The van der Waals surface area contributed by atoms with Gasteiger partial charge in [0.2, 0.25) is 0 Å². The molecule has 3 aliphatic heterocycles. The third kappa shape index (κ3) is 3.50. The van der Waals surface area contributed by atoms with E-state index in [2.05, 4.69) is 57.9 Å². The second-order valence-corrected chi connectivity index (χ2v) is 9.18. The van der Waals surface area contributed by atoms with Crippen molar-refractivity contribution in [2.24, 2.45) is 10.4 Å². The first kappa shape index (κ1) is 22.8. The number of aromatic nitrogens is 1. The van der Waals surface area contributed by atoms with E-state index >= 15 is 0 Å². The van der Waals surface area contributed by atoms with Gasteiger partial charge in [0.15, 0.2) is 0 Å². The Morgan fingerprint density at radius 3 is 2.76 bits per heavy atom. The summed E-state index contributed by atoms with van der Waals surface area (Å²) >= 11 is 0. The molecule has 0 spiro atoms. The summed E-state index contributed by atoms with van der Waals surface area (Å²) in [5.74, 6) is -0.353. The van der Waals surface area contributed by atoms with Gasteiger partial charge in [-0.15, -0.1) is 18.0 Å². The molecule has 4 heterocycles. The molecule has 0 bridgehead atoms. The van der Waals surface area contributed by atoms with Gasteiger partial charge in [-0.3, -0.25) is 4.90 Å². The molecule has 6 rings (SSSR count). The fourth-order valence-corrected chi connectivity index (χ4v) is 6.14. The van der Waals surface area contributed by atoms with Crippen LogP contribution in [0.25, 0.3) is 22.0 Å². The second-order valence-electron chi connectivity index (χ2n) is 9.18. The van der Waals surface area contributed by atoms with E-state index in [-0.39, 0.29) is 48.2 Å². The van der Waals surface area contributed by atoms with Crippen molar-refractivity contribution in [3.8, 4) is 0 Å². The largest absolute Gasteiger partial charge is 2.00 e. The van der Waals surface area contributed by atoms with E-state index in [1.807, 2.05) is 0 Å². The van der Waals surface area contributed by atoms with Crippen molar-refractivity contribution in [3.05, 3.63) is 82.7 Å². The number of fused-ring (bicyclic) bond motifs is 3. The van der Waals surface area contributed by atoms with Gasteiger partial charge in [0.1, 0.15) is 5.82 Å². The number of aliphatic imine (C=N–C) groups is 1. The van der Waals surface area contributed by atoms with Crippen LogP contribution in [0, 0.1) is 42.3 Å². The number of benzene rings is 2. The molecule has 3 aromatic rings. The van der Waals surface area contributed by atoms with Crippen LogP contribution in [0.15, 0.2) is 59.6 Å². The van der Waals surface area contributed by atoms with E-state index in [9.17, 15) is 9.80 Å². The summed E-state index contributed by atoms with van der Waals surface area (Å²) in [6.45, 7) is 4.47. The van der Waals surface area contributed by atoms with Gasteiger partial charge in [-0.2, -0.15) is 11.8 Å². The predicted octanol–water partition coefficient (Wildman–Crippen LogP) is 5.69. The summed E-state index contributed by atoms with van der Waals surface area (Å²) in [5, 5.41) is 12.5. The van der Waals surface area contributed by atoms with Crippen LogP contribution in [-0.4, -0.2) is 34.6 Å². The van der Waals surface area contributed by atoms with Gasteiger partial charge >= 0.3 is 31.1 Å². The zero-order valence-corrected chi connectivity index (χ0v) is 22.8. The standard InChI is InChI=1S/C27H25FN4.U/c1-2-27-13-5-14-31-15-12-21-20-6-3-4-7-22(20)32(24(21)25(27)31)23(16-27)26(29)30-17-18-8-10-19(28)11-9-18;/h3-4,6-11,16,25H,2,5,12-15H2,1H3;/q-2;+2/t25-,27+;/m1./s1. The monoisotopic (exact) mass is 662 g/mol. The molecule has 0 amide bonds. The maximum Gasteiger partial charge on any atom is 2.00 e. The van der Waals surface area contributed by atoms with Gasteiger partial charge < -0.3 is 15.0 Å². The molecular formula is C27H25FN4U. The Bertz CT molecular complexity index is 1290. The van der Waals surface area contributed by atoms with Crippen LogP contribution in [-0.2, 0) is 6.42 Å². The number of nitrogens with zero attached hydrogens (tertiary/aromatic N) is 4. The van der Waals surface area contributed by atoms with Crippen molar-refractivity contribution in [1.82, 2.24) is 9.47 Å². The van der Waals surface area contributed by atoms with Crippen molar-refractivity contribution in [2.45, 2.75) is 38.6 Å². The Balaban J connectivity index is 0.00000228. The van der Waals surface area contributed by atoms with Gasteiger partial charge in [-0.25, -0.2) is 4.39 Å². The minimum atomic E-state index is -0.304. The number of piperidine rings is 1. The van der Waals surface area contributed by atoms with E-state index in [0.717, 1.165) is 50.0 Å². The third-order valence-corrected chi connectivity index (χ3v) is 7.61. The minimum absolute atomic E-state index is 0. The van der Waals surface area contributed by atoms with E-state index < -0.39 is 0 Å². The van der Waals surface area contributed by atoms with E-state index in [1.165, 1.54) is 28.8 Å². The predicted molar refractivity (Wildman–Crippen MR) is 127 cm³/mol. The van der Waals surface area contributed by atoms with Gasteiger partial charge in [0, 0.05) is 23.0 Å². The smallest absolute Gasteiger partial charge is 0.535 e. The molecule has 33 heavy (non-hydrogen) atoms. The molecule has 1 aromatic heterocycles. The summed E-state index contributed by atoms with van der Waals surface area (Å²) in [4.78, 5) is 6.94. The number of hydrogen-bond acceptors (Lipinski definition) is 1. The topological polar surface area (TPSA) is 42.8 Å². The van der Waals surface area contributed by atoms with Gasteiger partial charge in [-0.1, -0.05) is 43.3 Å². The van der Waals surface area contributed by atoms with Gasteiger partial charge in [-0.05, 0) is 49.6 Å². The van der Waals surface area contributed by atoms with Crippen LogP contribution < -0.4 is 0 Å². The van der Waals surface area contributed by atoms with Crippen LogP contribution in [0.4, 0.5) is 4.39 Å². The molecule has 0 saturated carbocycles. The molecule has 164 valence electrons. The summed E-state index contributed by atoms with van der Waals surface area (Å²) < 4.78 is 15.5. The Kier molecular flexibility index (Phi) is 5.97. The average molecular weight is 663 g/mol. The minimum Gasteiger partial charge on any atom is -0.535 e. The molecule has 0 unspecified atom stereocenters. The van der Waals surface area contributed by atoms with Crippen molar-refractivity contribution in [1.29, 1.82) is 0 Å². The molecule has 6 heteroatoms. The number of halogens is 1. The first-order chi connectivity index (χ1) is 15.6. The zero-order chi connectivity index (χ0) is 21.9. The number of amidine groups is 1. The molecule has 0 radical (unpaired) electrons. The fraction of sp³-hybridized carbons (Fsp3) is 0.333. The van der Waals surface area contributed by atoms with E-state index in [4.69, 9.17) is 0 Å². The van der Waals surface area contributed by atoms with Crippen molar-refractivity contribution in [2.75, 3.05) is 13.1 Å². The van der Waals surface area contributed by atoms with Crippen LogP contribution >= 0.6 is 0 Å². The van der Waals surface area contributed by atoms with Crippen molar-refractivity contribution < 1.29 is 35.5 Å². The summed E-state index contributed by atoms with van der Waals surface area (Å²) in [7, 11) is 0. The van der Waals surface area contributed by atoms with Crippen LogP contribution in [0.1, 0.15) is 49.0 Å². The Morgan fingerprint density at radius 2 is 1.97 bits per heavy atom. The van der Waals surface area contributed by atoms with Gasteiger partial charge in [0.25, 0.3) is 0 Å². The normalized spacial score (nSPS) is 23.8. The maximum absolute atomic E-state index is 13.2. The van der Waals surface area contributed by atoms with Crippen LogP contribution in [0.2, 0.25) is 0 Å². The van der Waals surface area contributed by atoms with Crippen LogP contribution in [0.5, 0.6) is 0 Å². The molecule has 3 aliphatic rings. The van der Waals surface area contributed by atoms with Gasteiger partial charge in [0.05, 0.1) is 11.6 Å². The number of rotatable bonds is 3. The maximum atomic E-state index is 13.2. The first-order valence-corrected chi connectivity index (χ1v) is 11.5. The van der Waals surface area contributed by atoms with Crippen molar-refractivity contribution >= 4 is 28.7 Å². The molecule has 1 saturated heterocycles. The average Bonchev–Trinajstić information content (AvgIpc) is 3.17.